The normalized spacial score (nSPS) is 17.7. The van der Waals surface area contributed by atoms with Gasteiger partial charge in [-0.25, -0.2) is 18.2 Å². The third kappa shape index (κ3) is 3.29. The number of hydrogen-bond acceptors (Lipinski definition) is 3. The van der Waals surface area contributed by atoms with Gasteiger partial charge in [0.25, 0.3) is 0 Å². The number of rotatable bonds is 3. The first-order valence-corrected chi connectivity index (χ1v) is 9.09. The van der Waals surface area contributed by atoms with Gasteiger partial charge in [-0.15, -0.1) is 0 Å². The largest absolute Gasteiger partial charge is 0.411 e. The lowest BCUT2D eigenvalue weighted by Gasteiger charge is -2.44. The number of pyridine rings is 1. The average molecular weight is 427 g/mol. The number of aromatic nitrogens is 1. The fourth-order valence-corrected chi connectivity index (χ4v) is 3.63. The Bertz CT molecular complexity index is 1020. The highest BCUT2D eigenvalue weighted by Gasteiger charge is 2.59. The molecule has 1 fully saturated rings. The Kier molecular flexibility index (Phi) is 4.74. The zero-order valence-corrected chi connectivity index (χ0v) is 15.4. The van der Waals surface area contributed by atoms with Crippen LogP contribution < -0.4 is 10.2 Å². The van der Waals surface area contributed by atoms with Crippen LogP contribution in [0.15, 0.2) is 42.2 Å². The van der Waals surface area contributed by atoms with Crippen LogP contribution in [0.4, 0.5) is 37.8 Å². The van der Waals surface area contributed by atoms with Crippen LogP contribution in [-0.2, 0) is 11.2 Å². The molecule has 1 N–H and O–H groups in total. The highest BCUT2D eigenvalue weighted by molar-refractivity contribution is 5.96. The van der Waals surface area contributed by atoms with E-state index in [0.717, 1.165) is 11.1 Å². The van der Waals surface area contributed by atoms with Crippen LogP contribution >= 0.6 is 0 Å². The average Bonchev–Trinajstić information content (AvgIpc) is 2.62. The minimum atomic E-state index is -4.62. The van der Waals surface area contributed by atoms with E-state index in [0.29, 0.717) is 24.1 Å². The molecule has 4 rings (SSSR count). The van der Waals surface area contributed by atoms with Crippen LogP contribution in [0.25, 0.3) is 0 Å². The van der Waals surface area contributed by atoms with Crippen LogP contribution in [0, 0.1) is 17.5 Å². The summed E-state index contributed by atoms with van der Waals surface area (Å²) in [6.45, 7) is 0. The van der Waals surface area contributed by atoms with Crippen LogP contribution in [0.5, 0.6) is 0 Å². The third-order valence-electron chi connectivity index (χ3n) is 5.38. The Labute approximate surface area is 167 Å². The summed E-state index contributed by atoms with van der Waals surface area (Å²) in [5.41, 5.74) is -2.75. The van der Waals surface area contributed by atoms with Gasteiger partial charge in [-0.1, -0.05) is 6.07 Å². The zero-order valence-electron chi connectivity index (χ0n) is 15.4. The topological polar surface area (TPSA) is 45.2 Å². The van der Waals surface area contributed by atoms with Gasteiger partial charge in [0.2, 0.25) is 5.91 Å². The first-order chi connectivity index (χ1) is 14.1. The molecule has 1 aliphatic heterocycles. The number of carbonyl (C=O) groups is 1. The number of halogens is 6. The van der Waals surface area contributed by atoms with Crippen molar-refractivity contribution in [2.45, 2.75) is 37.4 Å². The molecule has 0 bridgehead atoms. The quantitative estimate of drug-likeness (QED) is 0.724. The number of anilines is 2. The number of hydrogen-bond donors (Lipinski definition) is 1. The highest BCUT2D eigenvalue weighted by Crippen LogP contribution is 2.45. The zero-order chi connectivity index (χ0) is 21.7. The van der Waals surface area contributed by atoms with Gasteiger partial charge in [-0.05, 0) is 25.3 Å². The van der Waals surface area contributed by atoms with E-state index in [2.05, 4.69) is 10.3 Å². The summed E-state index contributed by atoms with van der Waals surface area (Å²) in [6, 6.07) is 4.00. The Morgan fingerprint density at radius 1 is 1.13 bits per heavy atom. The number of nitrogens with one attached hydrogen (secondary N) is 1. The maximum Gasteiger partial charge on any atom is 0.411 e. The lowest BCUT2D eigenvalue weighted by molar-refractivity contribution is -0.218. The van der Waals surface area contributed by atoms with Gasteiger partial charge in [0.15, 0.2) is 11.6 Å². The van der Waals surface area contributed by atoms with Crippen molar-refractivity contribution < 1.29 is 31.1 Å². The molecule has 158 valence electrons. The van der Waals surface area contributed by atoms with Crippen LogP contribution in [-0.4, -0.2) is 22.6 Å². The van der Waals surface area contributed by atoms with Crippen molar-refractivity contribution in [3.05, 3.63) is 65.3 Å². The standard InChI is InChI=1S/C20H15F6N3O/c21-13-8-14(22)16(15(23)9-13)29-10-12(7-11-3-1-6-27-17(11)29)18(30)28-19(4-2-5-19)20(24,25)26/h1,3,6,8-10H,2,4-5,7H2,(H,28,30). The molecule has 10 heteroatoms. The second-order valence-corrected chi connectivity index (χ2v) is 7.29. The fraction of sp³-hybridized carbons (Fsp3) is 0.300. The van der Waals surface area contributed by atoms with E-state index >= 15 is 0 Å². The molecule has 4 nitrogen and oxygen atoms in total. The molecule has 1 aromatic carbocycles. The predicted octanol–water partition coefficient (Wildman–Crippen LogP) is 4.68. The van der Waals surface area contributed by atoms with Gasteiger partial charge in [0, 0.05) is 42.1 Å². The Morgan fingerprint density at radius 3 is 2.37 bits per heavy atom. The summed E-state index contributed by atoms with van der Waals surface area (Å²) in [6.07, 6.45) is -2.46. The Hall–Kier alpha value is -3.04. The van der Waals surface area contributed by atoms with Crippen molar-refractivity contribution in [3.63, 3.8) is 0 Å². The number of amides is 1. The van der Waals surface area contributed by atoms with Crippen LogP contribution in [0.2, 0.25) is 0 Å². The summed E-state index contributed by atoms with van der Waals surface area (Å²) >= 11 is 0. The summed E-state index contributed by atoms with van der Waals surface area (Å²) in [5.74, 6) is -4.52. The van der Waals surface area contributed by atoms with Crippen molar-refractivity contribution in [1.82, 2.24) is 10.3 Å². The Morgan fingerprint density at radius 2 is 1.80 bits per heavy atom. The van der Waals surface area contributed by atoms with E-state index in [-0.39, 0.29) is 30.7 Å². The van der Waals surface area contributed by atoms with Crippen molar-refractivity contribution in [3.8, 4) is 0 Å². The number of alkyl halides is 3. The molecule has 0 radical (unpaired) electrons. The minimum Gasteiger partial charge on any atom is -0.338 e. The summed E-state index contributed by atoms with van der Waals surface area (Å²) < 4.78 is 82.3. The molecule has 1 saturated carbocycles. The number of carbonyl (C=O) groups excluding carboxylic acids is 1. The summed E-state index contributed by atoms with van der Waals surface area (Å²) in [5, 5.41) is 2.05. The van der Waals surface area contributed by atoms with Crippen LogP contribution in [0.1, 0.15) is 24.8 Å². The smallest absolute Gasteiger partial charge is 0.338 e. The first kappa shape index (κ1) is 20.2. The number of fused-ring (bicyclic) bond motifs is 1. The van der Waals surface area contributed by atoms with Gasteiger partial charge in [-0.3, -0.25) is 9.69 Å². The predicted molar refractivity (Wildman–Crippen MR) is 95.3 cm³/mol. The highest BCUT2D eigenvalue weighted by atomic mass is 19.4. The lowest BCUT2D eigenvalue weighted by Crippen LogP contribution is -2.63. The molecule has 2 aromatic rings. The number of benzene rings is 1. The summed E-state index contributed by atoms with van der Waals surface area (Å²) in [4.78, 5) is 17.7. The van der Waals surface area contributed by atoms with E-state index < -0.39 is 40.8 Å². The summed E-state index contributed by atoms with van der Waals surface area (Å²) in [7, 11) is 0. The van der Waals surface area contributed by atoms with Gasteiger partial charge >= 0.3 is 6.18 Å². The monoisotopic (exact) mass is 427 g/mol. The molecule has 0 unspecified atom stereocenters. The van der Waals surface area contributed by atoms with Crippen molar-refractivity contribution in [1.29, 1.82) is 0 Å². The lowest BCUT2D eigenvalue weighted by atomic mass is 9.76. The first-order valence-electron chi connectivity index (χ1n) is 9.09. The van der Waals surface area contributed by atoms with E-state index in [1.54, 1.807) is 0 Å². The Balaban J connectivity index is 1.75. The maximum absolute atomic E-state index is 14.4. The molecule has 1 aliphatic carbocycles. The number of nitrogens with zero attached hydrogens (tertiary/aromatic N) is 2. The van der Waals surface area contributed by atoms with Gasteiger partial charge in [0.1, 0.15) is 22.9 Å². The molecule has 2 heterocycles. The van der Waals surface area contributed by atoms with Crippen molar-refractivity contribution in [2.24, 2.45) is 0 Å². The van der Waals surface area contributed by atoms with Gasteiger partial charge < -0.3 is 5.32 Å². The third-order valence-corrected chi connectivity index (χ3v) is 5.38. The molecule has 2 aliphatic rings. The molecule has 0 atom stereocenters. The van der Waals surface area contributed by atoms with E-state index in [4.69, 9.17) is 0 Å². The van der Waals surface area contributed by atoms with Crippen molar-refractivity contribution >= 4 is 17.4 Å². The van der Waals surface area contributed by atoms with E-state index in [9.17, 15) is 31.1 Å². The second kappa shape index (κ2) is 7.03. The molecule has 0 saturated heterocycles. The molecule has 0 spiro atoms. The van der Waals surface area contributed by atoms with E-state index in [1.165, 1.54) is 18.3 Å². The molecule has 1 amide bonds. The van der Waals surface area contributed by atoms with Crippen molar-refractivity contribution in [2.75, 3.05) is 4.90 Å². The molecule has 1 aromatic heterocycles. The molecular formula is C20H15F6N3O. The molecular weight excluding hydrogens is 412 g/mol. The minimum absolute atomic E-state index is 0.0795. The second-order valence-electron chi connectivity index (χ2n) is 7.29. The van der Waals surface area contributed by atoms with Gasteiger partial charge in [0.05, 0.1) is 0 Å². The fourth-order valence-electron chi connectivity index (χ4n) is 3.63. The molecule has 30 heavy (non-hydrogen) atoms. The van der Waals surface area contributed by atoms with E-state index in [1.807, 2.05) is 0 Å². The maximum atomic E-state index is 14.4. The SMILES string of the molecule is O=C(NC1(C(F)(F)F)CCC1)C1=CN(c2c(F)cc(F)cc2F)c2ncccc2C1. The van der Waals surface area contributed by atoms with Gasteiger partial charge in [-0.2, -0.15) is 13.2 Å². The van der Waals surface area contributed by atoms with Crippen LogP contribution in [0.3, 0.4) is 0 Å².